The van der Waals surface area contributed by atoms with Crippen LogP contribution in [0.1, 0.15) is 48.0 Å². The highest BCUT2D eigenvalue weighted by Crippen LogP contribution is 2.18. The molecular formula is C17H29NO3. The molecule has 0 aromatic carbocycles. The molecule has 4 heteroatoms. The van der Waals surface area contributed by atoms with Gasteiger partial charge in [0.15, 0.2) is 0 Å². The number of carbonyl (C=O) groups excluding carboxylic acids is 1. The first-order chi connectivity index (χ1) is 9.87. The van der Waals surface area contributed by atoms with Gasteiger partial charge in [0.1, 0.15) is 12.2 Å². The lowest BCUT2D eigenvalue weighted by molar-refractivity contribution is 0.0321. The minimum absolute atomic E-state index is 0.448. The van der Waals surface area contributed by atoms with Crippen molar-refractivity contribution in [3.8, 4) is 0 Å². The van der Waals surface area contributed by atoms with E-state index in [-0.39, 0.29) is 0 Å². The van der Waals surface area contributed by atoms with Crippen LogP contribution in [-0.2, 0) is 4.74 Å². The van der Waals surface area contributed by atoms with Crippen molar-refractivity contribution in [1.82, 2.24) is 5.32 Å². The van der Waals surface area contributed by atoms with Crippen molar-refractivity contribution in [2.45, 2.75) is 60.2 Å². The highest BCUT2D eigenvalue weighted by atomic mass is 16.6. The van der Waals surface area contributed by atoms with E-state index in [1.165, 1.54) is 0 Å². The molecule has 2 N–H and O–H groups in total. The number of ether oxygens (including phenoxy) is 1. The van der Waals surface area contributed by atoms with Crippen LogP contribution >= 0.6 is 0 Å². The second-order valence-corrected chi connectivity index (χ2v) is 5.13. The largest absolute Gasteiger partial charge is 0.443 e. The normalized spacial score (nSPS) is 16.4. The molecule has 4 nitrogen and oxygen atoms in total. The zero-order chi connectivity index (χ0) is 16.4. The summed E-state index contributed by atoms with van der Waals surface area (Å²) in [6, 6.07) is 0. The summed E-state index contributed by atoms with van der Waals surface area (Å²) in [6.07, 6.45) is 4.56. The Labute approximate surface area is 128 Å². The van der Waals surface area contributed by atoms with Gasteiger partial charge in [0, 0.05) is 6.54 Å². The maximum absolute atomic E-state index is 11.7. The number of hydrogen-bond donors (Lipinski definition) is 2. The van der Waals surface area contributed by atoms with Crippen LogP contribution in [0.4, 0.5) is 4.79 Å². The maximum Gasteiger partial charge on any atom is 0.407 e. The molecule has 2 unspecified atom stereocenters. The van der Waals surface area contributed by atoms with Gasteiger partial charge in [-0.25, -0.2) is 4.79 Å². The Morgan fingerprint density at radius 2 is 1.95 bits per heavy atom. The van der Waals surface area contributed by atoms with Gasteiger partial charge < -0.3 is 15.2 Å². The zero-order valence-electron chi connectivity index (χ0n) is 14.1. The standard InChI is InChI=1S/C17H29NO3/c1-7-10-15(13(5)9-3)16(19)14(6)21-17(20)18-11-12(4)8-2/h7-8,10,14,16,19H,9,11H2,1-6H3,(H,18,20). The average molecular weight is 295 g/mol. The van der Waals surface area contributed by atoms with Crippen LogP contribution in [0.2, 0.25) is 0 Å². The molecule has 0 aliphatic heterocycles. The van der Waals surface area contributed by atoms with Crippen molar-refractivity contribution < 1.29 is 14.6 Å². The molecule has 0 aliphatic rings. The first kappa shape index (κ1) is 19.4. The van der Waals surface area contributed by atoms with Crippen molar-refractivity contribution >= 4 is 6.09 Å². The Morgan fingerprint density at radius 1 is 1.33 bits per heavy atom. The lowest BCUT2D eigenvalue weighted by atomic mass is 9.98. The molecule has 120 valence electrons. The minimum atomic E-state index is -0.824. The molecule has 1 amide bonds. The lowest BCUT2D eigenvalue weighted by Crippen LogP contribution is -2.35. The number of allylic oxidation sites excluding steroid dienone is 3. The fourth-order valence-corrected chi connectivity index (χ4v) is 1.72. The number of nitrogens with one attached hydrogen (secondary N) is 1. The predicted molar refractivity (Wildman–Crippen MR) is 87.2 cm³/mol. The van der Waals surface area contributed by atoms with Crippen molar-refractivity contribution in [2.24, 2.45) is 0 Å². The average Bonchev–Trinajstić information content (AvgIpc) is 2.48. The van der Waals surface area contributed by atoms with E-state index < -0.39 is 18.3 Å². The highest BCUT2D eigenvalue weighted by molar-refractivity contribution is 5.67. The summed E-state index contributed by atoms with van der Waals surface area (Å²) >= 11 is 0. The van der Waals surface area contributed by atoms with Gasteiger partial charge >= 0.3 is 6.09 Å². The van der Waals surface area contributed by atoms with Crippen LogP contribution < -0.4 is 5.32 Å². The third-order valence-corrected chi connectivity index (χ3v) is 3.43. The monoisotopic (exact) mass is 295 g/mol. The molecule has 0 saturated heterocycles. The molecule has 2 atom stereocenters. The number of alkyl carbamates (subject to hydrolysis) is 1. The first-order valence-corrected chi connectivity index (χ1v) is 7.43. The summed E-state index contributed by atoms with van der Waals surface area (Å²) in [6.45, 7) is 11.9. The van der Waals surface area contributed by atoms with Crippen molar-refractivity contribution in [3.63, 3.8) is 0 Å². The Bertz CT molecular complexity index is 422. The van der Waals surface area contributed by atoms with Gasteiger partial charge in [-0.05, 0) is 46.6 Å². The summed E-state index contributed by atoms with van der Waals surface area (Å²) in [7, 11) is 0. The number of carbonyl (C=O) groups is 1. The molecule has 0 fully saturated rings. The Hall–Kier alpha value is -1.55. The number of rotatable bonds is 7. The van der Waals surface area contributed by atoms with Gasteiger partial charge in [0.2, 0.25) is 0 Å². The summed E-state index contributed by atoms with van der Waals surface area (Å²) in [5.41, 5.74) is 2.95. The quantitative estimate of drug-likeness (QED) is 0.556. The third kappa shape index (κ3) is 7.14. The highest BCUT2D eigenvalue weighted by Gasteiger charge is 2.22. The number of aliphatic hydroxyl groups is 1. The second kappa shape index (κ2) is 10.2. The summed E-state index contributed by atoms with van der Waals surface area (Å²) < 4.78 is 5.23. The van der Waals surface area contributed by atoms with Crippen molar-refractivity contribution in [3.05, 3.63) is 34.9 Å². The van der Waals surface area contributed by atoms with Gasteiger partial charge in [0.25, 0.3) is 0 Å². The van der Waals surface area contributed by atoms with Gasteiger partial charge in [-0.3, -0.25) is 0 Å². The van der Waals surface area contributed by atoms with Crippen LogP contribution in [0.5, 0.6) is 0 Å². The molecule has 0 radical (unpaired) electrons. The van der Waals surface area contributed by atoms with E-state index in [4.69, 9.17) is 4.74 Å². The third-order valence-electron chi connectivity index (χ3n) is 3.43. The molecule has 21 heavy (non-hydrogen) atoms. The lowest BCUT2D eigenvalue weighted by Gasteiger charge is -2.22. The topological polar surface area (TPSA) is 58.6 Å². The van der Waals surface area contributed by atoms with E-state index >= 15 is 0 Å². The minimum Gasteiger partial charge on any atom is -0.443 e. The van der Waals surface area contributed by atoms with Gasteiger partial charge in [-0.2, -0.15) is 0 Å². The van der Waals surface area contributed by atoms with Gasteiger partial charge in [-0.15, -0.1) is 0 Å². The van der Waals surface area contributed by atoms with Crippen LogP contribution in [0.25, 0.3) is 0 Å². The first-order valence-electron chi connectivity index (χ1n) is 7.43. The fraction of sp³-hybridized carbons (Fsp3) is 0.588. The Kier molecular flexibility index (Phi) is 9.46. The SMILES string of the molecule is CC=CC(=C(C)CC)C(O)C(C)OC(=O)NCC(C)=CC. The Morgan fingerprint density at radius 3 is 2.43 bits per heavy atom. The van der Waals surface area contributed by atoms with Crippen LogP contribution in [0.3, 0.4) is 0 Å². The van der Waals surface area contributed by atoms with E-state index in [0.717, 1.165) is 23.1 Å². The molecule has 0 aliphatic carbocycles. The molecule has 0 bridgehead atoms. The van der Waals surface area contributed by atoms with E-state index in [0.29, 0.717) is 6.54 Å². The molecule has 0 aromatic heterocycles. The Balaban J connectivity index is 4.70. The van der Waals surface area contributed by atoms with Crippen molar-refractivity contribution in [2.75, 3.05) is 6.54 Å². The van der Waals surface area contributed by atoms with Gasteiger partial charge in [-0.1, -0.05) is 36.3 Å². The predicted octanol–water partition coefficient (Wildman–Crippen LogP) is 3.73. The van der Waals surface area contributed by atoms with E-state index in [9.17, 15) is 9.90 Å². The smallest absolute Gasteiger partial charge is 0.407 e. The zero-order valence-corrected chi connectivity index (χ0v) is 14.1. The second-order valence-electron chi connectivity index (χ2n) is 5.13. The summed E-state index contributed by atoms with van der Waals surface area (Å²) in [5.74, 6) is 0. The van der Waals surface area contributed by atoms with Crippen LogP contribution in [-0.4, -0.2) is 30.0 Å². The summed E-state index contributed by atoms with van der Waals surface area (Å²) in [5, 5.41) is 13.0. The van der Waals surface area contributed by atoms with Crippen LogP contribution in [0.15, 0.2) is 34.9 Å². The number of aliphatic hydroxyl groups excluding tert-OH is 1. The maximum atomic E-state index is 11.7. The number of amides is 1. The van der Waals surface area contributed by atoms with Crippen molar-refractivity contribution in [1.29, 1.82) is 0 Å². The van der Waals surface area contributed by atoms with Crippen LogP contribution in [0, 0.1) is 0 Å². The summed E-state index contributed by atoms with van der Waals surface area (Å²) in [4.78, 5) is 11.7. The number of hydrogen-bond acceptors (Lipinski definition) is 3. The van der Waals surface area contributed by atoms with E-state index in [2.05, 4.69) is 5.32 Å². The molecule has 0 rings (SSSR count). The van der Waals surface area contributed by atoms with E-state index in [1.807, 2.05) is 52.8 Å². The van der Waals surface area contributed by atoms with Gasteiger partial charge in [0.05, 0.1) is 0 Å². The van der Waals surface area contributed by atoms with E-state index in [1.54, 1.807) is 6.92 Å². The molecule has 0 heterocycles. The fourth-order valence-electron chi connectivity index (χ4n) is 1.72. The molecule has 0 saturated carbocycles. The molecule has 0 spiro atoms. The molecular weight excluding hydrogens is 266 g/mol. The molecule has 0 aromatic rings.